The van der Waals surface area contributed by atoms with Gasteiger partial charge in [-0.2, -0.15) is 5.26 Å². The van der Waals surface area contributed by atoms with Gasteiger partial charge in [0.05, 0.1) is 16.6 Å². The van der Waals surface area contributed by atoms with E-state index in [1.807, 2.05) is 35.7 Å². The van der Waals surface area contributed by atoms with Crippen LogP contribution in [0.2, 0.25) is 0 Å². The highest BCUT2D eigenvalue weighted by Gasteiger charge is 2.22. The summed E-state index contributed by atoms with van der Waals surface area (Å²) >= 11 is 1.24. The van der Waals surface area contributed by atoms with Crippen LogP contribution in [0.4, 0.5) is 0 Å². The van der Waals surface area contributed by atoms with E-state index >= 15 is 0 Å². The predicted molar refractivity (Wildman–Crippen MR) is 74.4 cm³/mol. The van der Waals surface area contributed by atoms with Crippen molar-refractivity contribution in [2.24, 2.45) is 0 Å². The van der Waals surface area contributed by atoms with Crippen molar-refractivity contribution in [1.29, 1.82) is 5.26 Å². The van der Waals surface area contributed by atoms with Gasteiger partial charge in [0.25, 0.3) is 0 Å². The fraction of sp³-hybridized carbons (Fsp3) is 0. The maximum Gasteiger partial charge on any atom is 0.242 e. The minimum Gasteiger partial charge on any atom is -0.353 e. The number of benzene rings is 1. The van der Waals surface area contributed by atoms with E-state index in [0.29, 0.717) is 10.4 Å². The van der Waals surface area contributed by atoms with Crippen molar-refractivity contribution < 1.29 is 9.32 Å². The molecule has 0 aliphatic rings. The second-order valence-electron chi connectivity index (χ2n) is 4.04. The Morgan fingerprint density at radius 1 is 1.25 bits per heavy atom. The molecular formula is C15H8N2O2S. The van der Waals surface area contributed by atoms with Gasteiger partial charge in [0, 0.05) is 17.0 Å². The number of hydrogen-bond donors (Lipinski definition) is 0. The molecule has 5 heteroatoms. The molecule has 0 amide bonds. The zero-order chi connectivity index (χ0) is 13.9. The highest BCUT2D eigenvalue weighted by molar-refractivity contribution is 7.13. The van der Waals surface area contributed by atoms with Crippen molar-refractivity contribution in [3.63, 3.8) is 0 Å². The number of rotatable bonds is 3. The van der Waals surface area contributed by atoms with Crippen molar-refractivity contribution in [2.45, 2.75) is 0 Å². The summed E-state index contributed by atoms with van der Waals surface area (Å²) in [6.07, 6.45) is 1.41. The van der Waals surface area contributed by atoms with E-state index in [1.165, 1.54) is 23.6 Å². The van der Waals surface area contributed by atoms with Crippen LogP contribution in [0.1, 0.15) is 21.0 Å². The van der Waals surface area contributed by atoms with Crippen LogP contribution >= 0.6 is 11.3 Å². The second kappa shape index (κ2) is 5.11. The average molecular weight is 280 g/mol. The molecule has 0 aliphatic heterocycles. The molecule has 0 saturated carbocycles. The van der Waals surface area contributed by atoms with Gasteiger partial charge < -0.3 is 4.52 Å². The van der Waals surface area contributed by atoms with E-state index in [2.05, 4.69) is 11.2 Å². The maximum atomic E-state index is 12.3. The van der Waals surface area contributed by atoms with Gasteiger partial charge in [-0.05, 0) is 5.56 Å². The molecule has 1 aromatic carbocycles. The minimum absolute atomic E-state index is 0.142. The van der Waals surface area contributed by atoms with Crippen LogP contribution in [-0.2, 0) is 0 Å². The number of hydrogen-bond acceptors (Lipinski definition) is 5. The summed E-state index contributed by atoms with van der Waals surface area (Å²) in [6.45, 7) is 0. The van der Waals surface area contributed by atoms with Gasteiger partial charge in [-0.15, -0.1) is 11.3 Å². The van der Waals surface area contributed by atoms with Crippen LogP contribution in [0.3, 0.4) is 0 Å². The fourth-order valence-electron chi connectivity index (χ4n) is 1.91. The van der Waals surface area contributed by atoms with Gasteiger partial charge in [0.15, 0.2) is 0 Å². The van der Waals surface area contributed by atoms with Crippen LogP contribution in [0.5, 0.6) is 0 Å². The summed E-state index contributed by atoms with van der Waals surface area (Å²) in [7, 11) is 0. The quantitative estimate of drug-likeness (QED) is 0.688. The number of ketones is 1. The Labute approximate surface area is 118 Å². The largest absolute Gasteiger partial charge is 0.353 e. The average Bonchev–Trinajstić information content (AvgIpc) is 3.16. The van der Waals surface area contributed by atoms with E-state index in [-0.39, 0.29) is 11.5 Å². The molecule has 0 fully saturated rings. The van der Waals surface area contributed by atoms with E-state index in [1.54, 1.807) is 0 Å². The molecule has 96 valence electrons. The van der Waals surface area contributed by atoms with Gasteiger partial charge in [0.2, 0.25) is 11.5 Å². The standard InChI is InChI=1S/C15H8N2O2S/c16-8-11-12(10-4-2-1-3-5-10)9-20-15(11)14(18)13-6-7-17-19-13/h1-7,9H. The zero-order valence-corrected chi connectivity index (χ0v) is 11.1. The number of nitriles is 1. The van der Waals surface area contributed by atoms with Crippen molar-refractivity contribution >= 4 is 17.1 Å². The molecule has 0 spiro atoms. The first-order valence-corrected chi connectivity index (χ1v) is 6.71. The highest BCUT2D eigenvalue weighted by atomic mass is 32.1. The lowest BCUT2D eigenvalue weighted by Gasteiger charge is -1.99. The molecule has 0 aliphatic carbocycles. The summed E-state index contributed by atoms with van der Waals surface area (Å²) < 4.78 is 4.86. The molecule has 0 N–H and O–H groups in total. The van der Waals surface area contributed by atoms with Crippen LogP contribution in [0.15, 0.2) is 52.5 Å². The lowest BCUT2D eigenvalue weighted by molar-refractivity contribution is 0.100. The van der Waals surface area contributed by atoms with E-state index in [4.69, 9.17) is 4.52 Å². The molecule has 3 rings (SSSR count). The smallest absolute Gasteiger partial charge is 0.242 e. The van der Waals surface area contributed by atoms with Crippen molar-refractivity contribution in [1.82, 2.24) is 5.16 Å². The molecule has 0 unspecified atom stereocenters. The Hall–Kier alpha value is -2.71. The third-order valence-corrected chi connectivity index (χ3v) is 3.83. The number of carbonyl (C=O) groups excluding carboxylic acids is 1. The van der Waals surface area contributed by atoms with Gasteiger partial charge >= 0.3 is 0 Å². The maximum absolute atomic E-state index is 12.3. The van der Waals surface area contributed by atoms with Gasteiger partial charge in [-0.25, -0.2) is 0 Å². The third-order valence-electron chi connectivity index (χ3n) is 2.86. The fourth-order valence-corrected chi connectivity index (χ4v) is 2.88. The SMILES string of the molecule is N#Cc1c(-c2ccccc2)csc1C(=O)c1ccno1. The number of thiophene rings is 1. The van der Waals surface area contributed by atoms with Crippen molar-refractivity contribution in [3.8, 4) is 17.2 Å². The molecule has 0 bridgehead atoms. The topological polar surface area (TPSA) is 66.9 Å². The Kier molecular flexibility index (Phi) is 3.15. The molecule has 2 aromatic heterocycles. The van der Waals surface area contributed by atoms with E-state index < -0.39 is 0 Å². The Morgan fingerprint density at radius 3 is 2.70 bits per heavy atom. The Morgan fingerprint density at radius 2 is 2.05 bits per heavy atom. The summed E-state index contributed by atoms with van der Waals surface area (Å²) in [6, 6.07) is 13.1. The van der Waals surface area contributed by atoms with Crippen LogP contribution in [0, 0.1) is 11.3 Å². The lowest BCUT2D eigenvalue weighted by Crippen LogP contribution is -1.99. The minimum atomic E-state index is -0.314. The number of nitrogens with zero attached hydrogens (tertiary/aromatic N) is 2. The van der Waals surface area contributed by atoms with Gasteiger partial charge in [0.1, 0.15) is 6.07 Å². The first-order valence-electron chi connectivity index (χ1n) is 5.83. The zero-order valence-electron chi connectivity index (χ0n) is 10.2. The Bertz CT molecular complexity index is 783. The summed E-state index contributed by atoms with van der Waals surface area (Å²) in [5.41, 5.74) is 2.06. The number of carbonyl (C=O) groups is 1. The van der Waals surface area contributed by atoms with Crippen LogP contribution in [0.25, 0.3) is 11.1 Å². The summed E-state index contributed by atoms with van der Waals surface area (Å²) in [5.74, 6) is -0.172. The predicted octanol–water partition coefficient (Wildman–Crippen LogP) is 3.51. The normalized spacial score (nSPS) is 10.2. The van der Waals surface area contributed by atoms with Gasteiger partial charge in [-0.3, -0.25) is 4.79 Å². The third kappa shape index (κ3) is 2.02. The molecule has 2 heterocycles. The Balaban J connectivity index is 2.10. The van der Waals surface area contributed by atoms with Crippen molar-refractivity contribution in [2.75, 3.05) is 0 Å². The second-order valence-corrected chi connectivity index (χ2v) is 4.92. The molecule has 0 radical (unpaired) electrons. The van der Waals surface area contributed by atoms with Crippen LogP contribution in [-0.4, -0.2) is 10.9 Å². The van der Waals surface area contributed by atoms with E-state index in [9.17, 15) is 10.1 Å². The highest BCUT2D eigenvalue weighted by Crippen LogP contribution is 2.32. The first kappa shape index (κ1) is 12.3. The van der Waals surface area contributed by atoms with E-state index in [0.717, 1.165) is 11.1 Å². The monoisotopic (exact) mass is 280 g/mol. The molecule has 4 nitrogen and oxygen atoms in total. The molecule has 0 saturated heterocycles. The first-order chi connectivity index (χ1) is 9.81. The summed E-state index contributed by atoms with van der Waals surface area (Å²) in [4.78, 5) is 12.6. The molecular weight excluding hydrogens is 272 g/mol. The van der Waals surface area contributed by atoms with Crippen molar-refractivity contribution in [3.05, 3.63) is 64.2 Å². The summed E-state index contributed by atoms with van der Waals surface area (Å²) in [5, 5.41) is 14.7. The molecule has 3 aromatic rings. The van der Waals surface area contributed by atoms with Gasteiger partial charge in [-0.1, -0.05) is 35.5 Å². The number of aromatic nitrogens is 1. The van der Waals surface area contributed by atoms with Crippen LogP contribution < -0.4 is 0 Å². The lowest BCUT2D eigenvalue weighted by atomic mass is 10.0. The molecule has 20 heavy (non-hydrogen) atoms. The molecule has 0 atom stereocenters.